The quantitative estimate of drug-likeness (QED) is 0.563. The lowest BCUT2D eigenvalue weighted by atomic mass is 10.0. The van der Waals surface area contributed by atoms with Gasteiger partial charge in [-0.15, -0.1) is 0 Å². The molecule has 3 aliphatic heterocycles. The van der Waals surface area contributed by atoms with Crippen LogP contribution in [0.5, 0.6) is 0 Å². The largest absolute Gasteiger partial charge is 0.390 e. The van der Waals surface area contributed by atoms with E-state index in [0.717, 1.165) is 0 Å². The summed E-state index contributed by atoms with van der Waals surface area (Å²) >= 11 is 0. The summed E-state index contributed by atoms with van der Waals surface area (Å²) in [5.41, 5.74) is 0.341. The standard InChI is InChI=1S/C11H14N4O5/c16-6-3-8(15-2-1-7(17)13-11(15)19)20-10(6)9(18)5-4-12-14-5/h4,6,8-10,16,18H,1-3H2,(H,13,17,19)/t6-,8+,9?,10-/m0/s1. The molecule has 0 aromatic carbocycles. The third-order valence-corrected chi connectivity index (χ3v) is 3.55. The number of hydrogen-bond acceptors (Lipinski definition) is 7. The molecule has 2 fully saturated rings. The van der Waals surface area contributed by atoms with Gasteiger partial charge in [-0.25, -0.2) is 4.79 Å². The van der Waals surface area contributed by atoms with Crippen molar-refractivity contribution in [3.05, 3.63) is 0 Å². The van der Waals surface area contributed by atoms with Crippen LogP contribution < -0.4 is 5.32 Å². The smallest absolute Gasteiger partial charge is 0.326 e. The fraction of sp³-hybridized carbons (Fsp3) is 0.636. The molecule has 0 saturated carbocycles. The first kappa shape index (κ1) is 13.2. The van der Waals surface area contributed by atoms with Crippen LogP contribution in [0.3, 0.4) is 0 Å². The highest BCUT2D eigenvalue weighted by atomic mass is 16.5. The maximum atomic E-state index is 11.7. The molecule has 0 aromatic rings. The van der Waals surface area contributed by atoms with E-state index in [1.54, 1.807) is 0 Å². The lowest BCUT2D eigenvalue weighted by Gasteiger charge is -2.31. The SMILES string of the molecule is O=C1CCN([C@H]2C[C@H](O)[C@@H](C(O)C3=NN=C3)O2)C(=O)N1. The van der Waals surface area contributed by atoms with Crippen molar-refractivity contribution >= 4 is 23.9 Å². The second kappa shape index (κ2) is 4.93. The highest BCUT2D eigenvalue weighted by molar-refractivity contribution is 6.35. The average Bonchev–Trinajstić information content (AvgIpc) is 2.68. The second-order valence-electron chi connectivity index (χ2n) is 4.87. The zero-order chi connectivity index (χ0) is 14.3. The number of nitrogens with one attached hydrogen (secondary N) is 1. The molecule has 9 heteroatoms. The molecule has 3 rings (SSSR count). The number of carbonyl (C=O) groups excluding carboxylic acids is 2. The fourth-order valence-corrected chi connectivity index (χ4v) is 2.43. The first-order chi connectivity index (χ1) is 9.56. The van der Waals surface area contributed by atoms with Crippen LogP contribution in [0.4, 0.5) is 4.79 Å². The molecule has 0 radical (unpaired) electrons. The van der Waals surface area contributed by atoms with Gasteiger partial charge in [0.25, 0.3) is 0 Å². The molecule has 2 saturated heterocycles. The highest BCUT2D eigenvalue weighted by Gasteiger charge is 2.45. The van der Waals surface area contributed by atoms with Gasteiger partial charge in [-0.05, 0) is 0 Å². The Labute approximate surface area is 113 Å². The molecule has 3 aliphatic rings. The van der Waals surface area contributed by atoms with E-state index < -0.39 is 30.6 Å². The summed E-state index contributed by atoms with van der Waals surface area (Å²) in [4.78, 5) is 24.1. The molecular formula is C11H14N4O5. The van der Waals surface area contributed by atoms with Gasteiger partial charge >= 0.3 is 6.03 Å². The van der Waals surface area contributed by atoms with Crippen molar-refractivity contribution in [2.24, 2.45) is 10.2 Å². The molecule has 0 spiro atoms. The van der Waals surface area contributed by atoms with E-state index >= 15 is 0 Å². The van der Waals surface area contributed by atoms with Crippen LogP contribution in [0.15, 0.2) is 10.2 Å². The van der Waals surface area contributed by atoms with Crippen molar-refractivity contribution in [1.29, 1.82) is 0 Å². The van der Waals surface area contributed by atoms with E-state index in [-0.39, 0.29) is 25.3 Å². The minimum absolute atomic E-state index is 0.174. The lowest BCUT2D eigenvalue weighted by Crippen LogP contribution is -2.53. The van der Waals surface area contributed by atoms with Crippen molar-refractivity contribution in [2.45, 2.75) is 37.4 Å². The number of nitrogens with zero attached hydrogens (tertiary/aromatic N) is 3. The molecule has 1 unspecified atom stereocenters. The number of rotatable bonds is 3. The Morgan fingerprint density at radius 2 is 2.25 bits per heavy atom. The minimum atomic E-state index is -1.08. The Kier molecular flexibility index (Phi) is 3.24. The zero-order valence-electron chi connectivity index (χ0n) is 10.5. The Hall–Kier alpha value is -1.84. The predicted molar refractivity (Wildman–Crippen MR) is 66.1 cm³/mol. The Bertz CT molecular complexity index is 505. The summed E-state index contributed by atoms with van der Waals surface area (Å²) in [6.07, 6.45) is -1.78. The van der Waals surface area contributed by atoms with Crippen molar-refractivity contribution in [2.75, 3.05) is 6.54 Å². The van der Waals surface area contributed by atoms with Gasteiger partial charge in [0.1, 0.15) is 24.1 Å². The zero-order valence-corrected chi connectivity index (χ0v) is 10.5. The van der Waals surface area contributed by atoms with Gasteiger partial charge in [-0.2, -0.15) is 10.2 Å². The van der Waals surface area contributed by atoms with E-state index in [1.807, 2.05) is 0 Å². The predicted octanol–water partition coefficient (Wildman–Crippen LogP) is -1.79. The van der Waals surface area contributed by atoms with E-state index in [2.05, 4.69) is 15.5 Å². The monoisotopic (exact) mass is 282 g/mol. The van der Waals surface area contributed by atoms with Crippen LogP contribution in [0.25, 0.3) is 0 Å². The summed E-state index contributed by atoms with van der Waals surface area (Å²) in [5, 5.41) is 29.2. The maximum absolute atomic E-state index is 11.7. The van der Waals surface area contributed by atoms with Crippen LogP contribution in [0.1, 0.15) is 12.8 Å². The molecule has 9 nitrogen and oxygen atoms in total. The number of carbonyl (C=O) groups is 2. The molecule has 3 heterocycles. The summed E-state index contributed by atoms with van der Waals surface area (Å²) < 4.78 is 5.55. The van der Waals surface area contributed by atoms with Crippen molar-refractivity contribution in [3.8, 4) is 0 Å². The Morgan fingerprint density at radius 3 is 2.85 bits per heavy atom. The van der Waals surface area contributed by atoms with Gasteiger partial charge in [0.05, 0.1) is 12.3 Å². The molecule has 108 valence electrons. The maximum Gasteiger partial charge on any atom is 0.326 e. The van der Waals surface area contributed by atoms with Gasteiger partial charge in [-0.3, -0.25) is 15.0 Å². The van der Waals surface area contributed by atoms with E-state index in [0.29, 0.717) is 5.71 Å². The Balaban J connectivity index is 1.65. The molecule has 0 aliphatic carbocycles. The van der Waals surface area contributed by atoms with Gasteiger partial charge in [0.2, 0.25) is 5.91 Å². The number of aliphatic hydroxyl groups excluding tert-OH is 2. The summed E-state index contributed by atoms with van der Waals surface area (Å²) in [5.74, 6) is -0.332. The molecular weight excluding hydrogens is 268 g/mol. The van der Waals surface area contributed by atoms with Crippen LogP contribution in [-0.2, 0) is 9.53 Å². The molecule has 4 atom stereocenters. The first-order valence-electron chi connectivity index (χ1n) is 6.29. The number of aliphatic hydroxyl groups is 2. The second-order valence-corrected chi connectivity index (χ2v) is 4.87. The van der Waals surface area contributed by atoms with Gasteiger partial charge in [-0.1, -0.05) is 0 Å². The Morgan fingerprint density at radius 1 is 1.50 bits per heavy atom. The number of ether oxygens (including phenoxy) is 1. The van der Waals surface area contributed by atoms with Gasteiger partial charge in [0, 0.05) is 19.4 Å². The van der Waals surface area contributed by atoms with E-state index in [4.69, 9.17) is 4.74 Å². The molecule has 3 N–H and O–H groups in total. The average molecular weight is 282 g/mol. The van der Waals surface area contributed by atoms with Crippen molar-refractivity contribution < 1.29 is 24.5 Å². The number of amides is 3. The number of imide groups is 1. The van der Waals surface area contributed by atoms with E-state index in [1.165, 1.54) is 11.1 Å². The molecule has 20 heavy (non-hydrogen) atoms. The fourth-order valence-electron chi connectivity index (χ4n) is 2.43. The lowest BCUT2D eigenvalue weighted by molar-refractivity contribution is -0.124. The van der Waals surface area contributed by atoms with Crippen LogP contribution in [-0.4, -0.2) is 70.1 Å². The molecule has 0 aromatic heterocycles. The third-order valence-electron chi connectivity index (χ3n) is 3.55. The van der Waals surface area contributed by atoms with Crippen molar-refractivity contribution in [3.63, 3.8) is 0 Å². The highest BCUT2D eigenvalue weighted by Crippen LogP contribution is 2.27. The molecule has 0 bridgehead atoms. The third kappa shape index (κ3) is 2.19. The normalized spacial score (nSPS) is 34.6. The minimum Gasteiger partial charge on any atom is -0.390 e. The summed E-state index contributed by atoms with van der Waals surface area (Å²) in [6.45, 7) is 0.229. The van der Waals surface area contributed by atoms with Crippen LogP contribution in [0, 0.1) is 0 Å². The number of hydrogen-bond donors (Lipinski definition) is 3. The van der Waals surface area contributed by atoms with Gasteiger partial charge < -0.3 is 14.9 Å². The molecule has 3 amide bonds. The van der Waals surface area contributed by atoms with Crippen LogP contribution >= 0.6 is 0 Å². The summed E-state index contributed by atoms with van der Waals surface area (Å²) in [6, 6.07) is -0.545. The topological polar surface area (TPSA) is 124 Å². The number of urea groups is 1. The van der Waals surface area contributed by atoms with Crippen LogP contribution in [0.2, 0.25) is 0 Å². The van der Waals surface area contributed by atoms with E-state index in [9.17, 15) is 19.8 Å². The van der Waals surface area contributed by atoms with Crippen molar-refractivity contribution in [1.82, 2.24) is 10.2 Å². The summed E-state index contributed by atoms with van der Waals surface area (Å²) in [7, 11) is 0. The first-order valence-corrected chi connectivity index (χ1v) is 6.29. The van der Waals surface area contributed by atoms with Gasteiger partial charge in [0.15, 0.2) is 0 Å².